The molecule has 1 aromatic carbocycles. The highest BCUT2D eigenvalue weighted by atomic mass is 19.1. The van der Waals surface area contributed by atoms with Gasteiger partial charge in [-0.25, -0.2) is 19.0 Å². The first kappa shape index (κ1) is 22.7. The summed E-state index contributed by atoms with van der Waals surface area (Å²) in [6, 6.07) is 9.56. The van der Waals surface area contributed by atoms with Gasteiger partial charge in [-0.1, -0.05) is 30.3 Å². The Morgan fingerprint density at radius 1 is 1.16 bits per heavy atom. The number of carbonyl (C=O) groups excluding carboxylic acids is 1. The van der Waals surface area contributed by atoms with E-state index in [1.807, 2.05) is 24.3 Å². The van der Waals surface area contributed by atoms with Gasteiger partial charge in [0.15, 0.2) is 0 Å². The van der Waals surface area contributed by atoms with Gasteiger partial charge < -0.3 is 14.6 Å². The number of halogens is 1. The first-order valence-electron chi connectivity index (χ1n) is 9.99. The Balaban J connectivity index is 1.85. The topological polar surface area (TPSA) is 89.0 Å². The zero-order chi connectivity index (χ0) is 23.0. The van der Waals surface area contributed by atoms with E-state index in [4.69, 9.17) is 14.6 Å². The lowest BCUT2D eigenvalue weighted by Crippen LogP contribution is -2.50. The van der Waals surface area contributed by atoms with Crippen molar-refractivity contribution in [1.29, 1.82) is 0 Å². The second-order valence-corrected chi connectivity index (χ2v) is 8.92. The average Bonchev–Trinajstić information content (AvgIpc) is 2.97. The fourth-order valence-corrected chi connectivity index (χ4v) is 3.64. The molecule has 2 unspecified atom stereocenters. The number of pyridine rings is 1. The molecule has 2 atom stereocenters. The molecule has 1 N–H and O–H groups in total. The molecule has 1 aromatic heterocycles. The second-order valence-electron chi connectivity index (χ2n) is 8.92. The van der Waals surface area contributed by atoms with Crippen LogP contribution in [0.15, 0.2) is 42.6 Å². The molecule has 0 saturated carbocycles. The largest absolute Gasteiger partial charge is 0.477 e. The number of amides is 1. The summed E-state index contributed by atoms with van der Waals surface area (Å²) in [6.07, 6.45) is 0.209. The highest BCUT2D eigenvalue weighted by Crippen LogP contribution is 2.42. The number of aromatic carboxylic acids is 1. The smallest absolute Gasteiger partial charge is 0.413 e. The molecule has 3 rings (SSSR count). The number of hydrogen-bond donors (Lipinski definition) is 1. The van der Waals surface area contributed by atoms with E-state index in [0.717, 1.165) is 16.7 Å². The predicted octanol–water partition coefficient (Wildman–Crippen LogP) is 4.83. The van der Waals surface area contributed by atoms with Gasteiger partial charge in [-0.3, -0.25) is 4.90 Å². The molecule has 2 heterocycles. The Bertz CT molecular complexity index is 951. The van der Waals surface area contributed by atoms with Crippen molar-refractivity contribution < 1.29 is 28.6 Å². The highest BCUT2D eigenvalue weighted by Gasteiger charge is 2.51. The van der Waals surface area contributed by atoms with E-state index in [1.54, 1.807) is 40.7 Å². The lowest BCUT2D eigenvalue weighted by Gasteiger charge is -2.34. The number of alkyl halides is 1. The van der Waals surface area contributed by atoms with Gasteiger partial charge in [0.05, 0.1) is 6.04 Å². The van der Waals surface area contributed by atoms with Crippen LogP contribution in [0.4, 0.5) is 9.18 Å². The zero-order valence-electron chi connectivity index (χ0n) is 18.3. The summed E-state index contributed by atoms with van der Waals surface area (Å²) in [4.78, 5) is 29.0. The summed E-state index contributed by atoms with van der Waals surface area (Å²) in [7, 11) is 0. The van der Waals surface area contributed by atoms with Gasteiger partial charge in [-0.05, 0) is 51.8 Å². The molecular formula is C23H27FN2O5. The van der Waals surface area contributed by atoms with Crippen LogP contribution in [-0.2, 0) is 9.47 Å². The third kappa shape index (κ3) is 4.85. The number of hydrogen-bond acceptors (Lipinski definition) is 5. The molecule has 31 heavy (non-hydrogen) atoms. The maximum atomic E-state index is 14.1. The van der Waals surface area contributed by atoms with Crippen molar-refractivity contribution in [3.05, 3.63) is 53.9 Å². The first-order valence-corrected chi connectivity index (χ1v) is 9.99. The van der Waals surface area contributed by atoms with E-state index >= 15 is 0 Å². The molecule has 0 bridgehead atoms. The van der Waals surface area contributed by atoms with Crippen LogP contribution in [0.25, 0.3) is 11.1 Å². The highest BCUT2D eigenvalue weighted by molar-refractivity contribution is 5.85. The van der Waals surface area contributed by atoms with Crippen LogP contribution >= 0.6 is 0 Å². The van der Waals surface area contributed by atoms with Gasteiger partial charge in [0, 0.05) is 11.8 Å². The van der Waals surface area contributed by atoms with E-state index in [-0.39, 0.29) is 5.69 Å². The number of carboxylic acid groups (broad SMARTS) is 1. The molecule has 2 aromatic rings. The molecule has 166 valence electrons. The minimum atomic E-state index is -1.09. The van der Waals surface area contributed by atoms with E-state index in [2.05, 4.69) is 4.98 Å². The van der Waals surface area contributed by atoms with E-state index in [1.165, 1.54) is 17.2 Å². The summed E-state index contributed by atoms with van der Waals surface area (Å²) >= 11 is 0. The minimum absolute atomic E-state index is 0.0324. The Labute approximate surface area is 180 Å². The molecule has 1 aliphatic heterocycles. The zero-order valence-corrected chi connectivity index (χ0v) is 18.3. The third-order valence-electron chi connectivity index (χ3n) is 4.98. The molecule has 1 amide bonds. The Morgan fingerprint density at radius 3 is 2.26 bits per heavy atom. The van der Waals surface area contributed by atoms with Gasteiger partial charge >= 0.3 is 12.1 Å². The molecule has 1 aliphatic rings. The summed E-state index contributed by atoms with van der Waals surface area (Å²) in [5, 5.41) is 8.97. The van der Waals surface area contributed by atoms with Crippen molar-refractivity contribution in [3.8, 4) is 11.1 Å². The number of aromatic nitrogens is 1. The third-order valence-corrected chi connectivity index (χ3v) is 4.98. The normalized spacial score (nSPS) is 20.5. The molecule has 8 heteroatoms. The SMILES string of the molecule is CC(C)(C)OC(=O)N1C(CF)C(c2ccc(-c3ccc(C(=O)O)nc3)cc2)OC1(C)C. The van der Waals surface area contributed by atoms with E-state index in [0.29, 0.717) is 0 Å². The fourth-order valence-electron chi connectivity index (χ4n) is 3.64. The first-order chi connectivity index (χ1) is 14.4. The Morgan fingerprint density at radius 2 is 1.77 bits per heavy atom. The summed E-state index contributed by atoms with van der Waals surface area (Å²) in [5.41, 5.74) is 0.514. The summed E-state index contributed by atoms with van der Waals surface area (Å²) in [5.74, 6) is -1.09. The number of ether oxygens (including phenoxy) is 2. The van der Waals surface area contributed by atoms with Crippen LogP contribution in [-0.4, -0.2) is 51.1 Å². The van der Waals surface area contributed by atoms with Crippen LogP contribution < -0.4 is 0 Å². The van der Waals surface area contributed by atoms with Crippen molar-refractivity contribution in [1.82, 2.24) is 9.88 Å². The van der Waals surface area contributed by atoms with Gasteiger partial charge in [-0.15, -0.1) is 0 Å². The van der Waals surface area contributed by atoms with Crippen molar-refractivity contribution >= 4 is 12.1 Å². The van der Waals surface area contributed by atoms with Gasteiger partial charge in [0.1, 0.15) is 29.8 Å². The minimum Gasteiger partial charge on any atom is -0.477 e. The number of nitrogens with zero attached hydrogens (tertiary/aromatic N) is 2. The van der Waals surface area contributed by atoms with Crippen LogP contribution in [0.3, 0.4) is 0 Å². The lowest BCUT2D eigenvalue weighted by molar-refractivity contribution is -0.0797. The Hall–Kier alpha value is -3.00. The van der Waals surface area contributed by atoms with Crippen molar-refractivity contribution in [2.75, 3.05) is 6.67 Å². The molecule has 0 aliphatic carbocycles. The van der Waals surface area contributed by atoms with Crippen molar-refractivity contribution in [2.45, 2.75) is 58.1 Å². The monoisotopic (exact) mass is 430 g/mol. The number of carboxylic acids is 1. The average molecular weight is 430 g/mol. The Kier molecular flexibility index (Phi) is 6.04. The quantitative estimate of drug-likeness (QED) is 0.747. The predicted molar refractivity (Wildman–Crippen MR) is 112 cm³/mol. The molecule has 1 saturated heterocycles. The second kappa shape index (κ2) is 8.26. The lowest BCUT2D eigenvalue weighted by atomic mass is 9.99. The van der Waals surface area contributed by atoms with Gasteiger partial charge in [0.2, 0.25) is 0 Å². The van der Waals surface area contributed by atoms with Crippen molar-refractivity contribution in [3.63, 3.8) is 0 Å². The summed E-state index contributed by atoms with van der Waals surface area (Å²) in [6.45, 7) is 7.91. The van der Waals surface area contributed by atoms with Gasteiger partial charge in [0.25, 0.3) is 0 Å². The molecule has 0 spiro atoms. The number of benzene rings is 1. The van der Waals surface area contributed by atoms with Crippen LogP contribution in [0.5, 0.6) is 0 Å². The molecule has 0 radical (unpaired) electrons. The van der Waals surface area contributed by atoms with E-state index in [9.17, 15) is 14.0 Å². The maximum Gasteiger partial charge on any atom is 0.413 e. The van der Waals surface area contributed by atoms with E-state index < -0.39 is 42.2 Å². The molecular weight excluding hydrogens is 403 g/mol. The standard InChI is InChI=1S/C23H27FN2O5/c1-22(2,3)31-21(29)26-18(12-24)19(30-23(26,4)5)15-8-6-14(7-9-15)16-10-11-17(20(27)28)25-13-16/h6-11,13,18-19H,12H2,1-5H3,(H,27,28). The maximum absolute atomic E-state index is 14.1. The fraction of sp³-hybridized carbons (Fsp3) is 0.435. The number of rotatable bonds is 4. The molecule has 7 nitrogen and oxygen atoms in total. The van der Waals surface area contributed by atoms with Crippen LogP contribution in [0.2, 0.25) is 0 Å². The molecule has 1 fully saturated rings. The van der Waals surface area contributed by atoms with Crippen LogP contribution in [0.1, 0.15) is 56.8 Å². The summed E-state index contributed by atoms with van der Waals surface area (Å²) < 4.78 is 25.6. The van der Waals surface area contributed by atoms with Gasteiger partial charge in [-0.2, -0.15) is 0 Å². The number of carbonyl (C=O) groups is 2. The van der Waals surface area contributed by atoms with Crippen molar-refractivity contribution in [2.24, 2.45) is 0 Å². The van der Waals surface area contributed by atoms with Crippen LogP contribution in [0, 0.1) is 0 Å².